The fraction of sp³-hybridized carbons (Fsp3) is 0.200. The minimum Gasteiger partial charge on any atom is -0.444 e. The van der Waals surface area contributed by atoms with Crippen molar-refractivity contribution in [3.8, 4) is 11.1 Å². The number of amides is 2. The molecule has 5 nitrogen and oxygen atoms in total. The zero-order chi connectivity index (χ0) is 22.4. The van der Waals surface area contributed by atoms with Crippen LogP contribution in [0.4, 0.5) is 14.9 Å². The number of rotatable bonds is 5. The number of carbonyl (C=O) groups excluding carboxylic acids is 2. The summed E-state index contributed by atoms with van der Waals surface area (Å²) >= 11 is 0. The Kier molecular flexibility index (Phi) is 6.70. The van der Waals surface area contributed by atoms with Gasteiger partial charge in [-0.1, -0.05) is 42.5 Å². The molecule has 160 valence electrons. The average molecular weight is 420 g/mol. The standard InChI is InChI=1S/C25H25FN2O3/c1-25(2,3)31-24(30)27-16-17-8-4-5-9-20(17)21-10-6-7-11-22(21)23(29)28-19-14-12-18(26)13-15-19/h4-15H,16H2,1-3H3,(H,27,30)(H,28,29). The van der Waals surface area contributed by atoms with Gasteiger partial charge in [0, 0.05) is 17.8 Å². The Bertz CT molecular complexity index is 1070. The summed E-state index contributed by atoms with van der Waals surface area (Å²) in [4.78, 5) is 25.0. The molecule has 3 aromatic carbocycles. The smallest absolute Gasteiger partial charge is 0.407 e. The summed E-state index contributed by atoms with van der Waals surface area (Å²) in [5.41, 5.74) is 2.77. The lowest BCUT2D eigenvalue weighted by molar-refractivity contribution is 0.0523. The first-order valence-corrected chi connectivity index (χ1v) is 9.94. The van der Waals surface area contributed by atoms with Gasteiger partial charge < -0.3 is 15.4 Å². The number of carbonyl (C=O) groups is 2. The number of alkyl carbamates (subject to hydrolysis) is 1. The first-order chi connectivity index (χ1) is 14.7. The molecule has 31 heavy (non-hydrogen) atoms. The molecule has 0 unspecified atom stereocenters. The molecule has 0 saturated carbocycles. The van der Waals surface area contributed by atoms with Crippen molar-refractivity contribution in [1.82, 2.24) is 5.32 Å². The molecule has 2 N–H and O–H groups in total. The van der Waals surface area contributed by atoms with Crippen LogP contribution < -0.4 is 10.6 Å². The van der Waals surface area contributed by atoms with Gasteiger partial charge in [-0.15, -0.1) is 0 Å². The maximum absolute atomic E-state index is 13.1. The molecule has 0 spiro atoms. The molecule has 0 aliphatic rings. The van der Waals surface area contributed by atoms with Crippen molar-refractivity contribution in [3.05, 3.63) is 89.7 Å². The zero-order valence-corrected chi connectivity index (χ0v) is 17.7. The summed E-state index contributed by atoms with van der Waals surface area (Å²) < 4.78 is 18.4. The molecule has 3 rings (SSSR count). The van der Waals surface area contributed by atoms with Crippen LogP contribution in [0.2, 0.25) is 0 Å². The van der Waals surface area contributed by atoms with E-state index >= 15 is 0 Å². The van der Waals surface area contributed by atoms with E-state index in [1.807, 2.05) is 36.4 Å². The van der Waals surface area contributed by atoms with E-state index in [9.17, 15) is 14.0 Å². The summed E-state index contributed by atoms with van der Waals surface area (Å²) in [7, 11) is 0. The monoisotopic (exact) mass is 420 g/mol. The molecule has 0 fully saturated rings. The molecule has 3 aromatic rings. The second kappa shape index (κ2) is 9.43. The summed E-state index contributed by atoms with van der Waals surface area (Å²) in [6.07, 6.45) is -0.510. The highest BCUT2D eigenvalue weighted by Crippen LogP contribution is 2.28. The lowest BCUT2D eigenvalue weighted by Crippen LogP contribution is -2.32. The molecule has 0 aromatic heterocycles. The molecule has 0 radical (unpaired) electrons. The first kappa shape index (κ1) is 22.0. The van der Waals surface area contributed by atoms with Crippen LogP contribution in [0.3, 0.4) is 0 Å². The van der Waals surface area contributed by atoms with Gasteiger partial charge in [0.25, 0.3) is 5.91 Å². The molecule has 0 atom stereocenters. The summed E-state index contributed by atoms with van der Waals surface area (Å²) in [5.74, 6) is -0.679. The molecule has 0 aliphatic heterocycles. The number of ether oxygens (including phenoxy) is 1. The number of anilines is 1. The summed E-state index contributed by atoms with van der Waals surface area (Å²) in [6, 6.07) is 20.3. The van der Waals surface area contributed by atoms with E-state index in [4.69, 9.17) is 4.74 Å². The van der Waals surface area contributed by atoms with E-state index < -0.39 is 11.7 Å². The maximum Gasteiger partial charge on any atom is 0.407 e. The maximum atomic E-state index is 13.1. The van der Waals surface area contributed by atoms with Gasteiger partial charge in [-0.05, 0) is 67.8 Å². The van der Waals surface area contributed by atoms with Gasteiger partial charge >= 0.3 is 6.09 Å². The van der Waals surface area contributed by atoms with Crippen LogP contribution in [0.25, 0.3) is 11.1 Å². The lowest BCUT2D eigenvalue weighted by Gasteiger charge is -2.20. The van der Waals surface area contributed by atoms with Gasteiger partial charge in [0.2, 0.25) is 0 Å². The van der Waals surface area contributed by atoms with Gasteiger partial charge in [0.1, 0.15) is 11.4 Å². The molecule has 0 aliphatic carbocycles. The molecule has 6 heteroatoms. The Balaban J connectivity index is 1.84. The molecule has 2 amide bonds. The van der Waals surface area contributed by atoms with Gasteiger partial charge in [0.15, 0.2) is 0 Å². The molecular weight excluding hydrogens is 395 g/mol. The van der Waals surface area contributed by atoms with E-state index in [2.05, 4.69) is 10.6 Å². The Labute approximate surface area is 181 Å². The summed E-state index contributed by atoms with van der Waals surface area (Å²) in [5, 5.41) is 5.56. The predicted octanol–water partition coefficient (Wildman–Crippen LogP) is 5.77. The highest BCUT2D eigenvalue weighted by molar-refractivity contribution is 6.08. The number of nitrogens with one attached hydrogen (secondary N) is 2. The third kappa shape index (κ3) is 6.15. The number of hydrogen-bond acceptors (Lipinski definition) is 3. The largest absolute Gasteiger partial charge is 0.444 e. The minimum atomic E-state index is -0.589. The van der Waals surface area contributed by atoms with Crippen molar-refractivity contribution in [2.45, 2.75) is 32.9 Å². The van der Waals surface area contributed by atoms with Crippen LogP contribution in [0.5, 0.6) is 0 Å². The number of hydrogen-bond donors (Lipinski definition) is 2. The lowest BCUT2D eigenvalue weighted by atomic mass is 9.95. The van der Waals surface area contributed by atoms with E-state index in [1.165, 1.54) is 24.3 Å². The molecule has 0 bridgehead atoms. The highest BCUT2D eigenvalue weighted by atomic mass is 19.1. The van der Waals surface area contributed by atoms with Crippen LogP contribution in [0, 0.1) is 5.82 Å². The minimum absolute atomic E-state index is 0.249. The van der Waals surface area contributed by atoms with Crippen molar-refractivity contribution < 1.29 is 18.7 Å². The Morgan fingerprint density at radius 3 is 2.16 bits per heavy atom. The van der Waals surface area contributed by atoms with Crippen molar-refractivity contribution in [3.63, 3.8) is 0 Å². The average Bonchev–Trinajstić information content (AvgIpc) is 2.73. The molecule has 0 heterocycles. The van der Waals surface area contributed by atoms with Crippen LogP contribution in [-0.4, -0.2) is 17.6 Å². The topological polar surface area (TPSA) is 67.4 Å². The second-order valence-corrected chi connectivity index (χ2v) is 8.02. The Morgan fingerprint density at radius 1 is 0.871 bits per heavy atom. The molecule has 0 saturated heterocycles. The third-order valence-electron chi connectivity index (χ3n) is 4.40. The summed E-state index contributed by atoms with van der Waals surface area (Å²) in [6.45, 7) is 5.66. The van der Waals surface area contributed by atoms with Gasteiger partial charge in [-0.25, -0.2) is 9.18 Å². The SMILES string of the molecule is CC(C)(C)OC(=O)NCc1ccccc1-c1ccccc1C(=O)Nc1ccc(F)cc1. The second-order valence-electron chi connectivity index (χ2n) is 8.02. The van der Waals surface area contributed by atoms with E-state index in [1.54, 1.807) is 32.9 Å². The van der Waals surface area contributed by atoms with Crippen molar-refractivity contribution in [2.75, 3.05) is 5.32 Å². The predicted molar refractivity (Wildman–Crippen MR) is 119 cm³/mol. The Hall–Kier alpha value is -3.67. The zero-order valence-electron chi connectivity index (χ0n) is 17.7. The quantitative estimate of drug-likeness (QED) is 0.551. The van der Waals surface area contributed by atoms with Crippen molar-refractivity contribution >= 4 is 17.7 Å². The van der Waals surface area contributed by atoms with Gasteiger partial charge in [-0.2, -0.15) is 0 Å². The molecular formula is C25H25FN2O3. The normalized spacial score (nSPS) is 11.0. The van der Waals surface area contributed by atoms with Gasteiger partial charge in [0.05, 0.1) is 0 Å². The number of halogens is 1. The fourth-order valence-electron chi connectivity index (χ4n) is 3.07. The van der Waals surface area contributed by atoms with Crippen molar-refractivity contribution in [2.24, 2.45) is 0 Å². The van der Waals surface area contributed by atoms with Crippen molar-refractivity contribution in [1.29, 1.82) is 0 Å². The Morgan fingerprint density at radius 2 is 1.48 bits per heavy atom. The first-order valence-electron chi connectivity index (χ1n) is 9.94. The van der Waals surface area contributed by atoms with Crippen LogP contribution in [0.1, 0.15) is 36.7 Å². The fourth-order valence-corrected chi connectivity index (χ4v) is 3.07. The van der Waals surface area contributed by atoms with E-state index in [0.717, 1.165) is 16.7 Å². The van der Waals surface area contributed by atoms with Crippen LogP contribution in [-0.2, 0) is 11.3 Å². The van der Waals surface area contributed by atoms with Crippen LogP contribution >= 0.6 is 0 Å². The number of benzene rings is 3. The third-order valence-corrected chi connectivity index (χ3v) is 4.40. The van der Waals surface area contributed by atoms with E-state index in [0.29, 0.717) is 11.3 Å². The van der Waals surface area contributed by atoms with Gasteiger partial charge in [-0.3, -0.25) is 4.79 Å². The van der Waals surface area contributed by atoms with Crippen LogP contribution in [0.15, 0.2) is 72.8 Å². The highest BCUT2D eigenvalue weighted by Gasteiger charge is 2.18. The van der Waals surface area contributed by atoms with E-state index in [-0.39, 0.29) is 18.3 Å².